The van der Waals surface area contributed by atoms with Gasteiger partial charge in [0.25, 0.3) is 12.0 Å². The summed E-state index contributed by atoms with van der Waals surface area (Å²) in [4.78, 5) is 15.2. The highest BCUT2D eigenvalue weighted by molar-refractivity contribution is 5.09. The maximum Gasteiger partial charge on any atom is 0.280 e. The third kappa shape index (κ3) is 1.32. The van der Waals surface area contributed by atoms with Crippen LogP contribution >= 0.6 is 0 Å². The molecule has 0 amide bonds. The van der Waals surface area contributed by atoms with Crippen LogP contribution in [-0.2, 0) is 6.42 Å². The van der Waals surface area contributed by atoms with Gasteiger partial charge in [-0.05, 0) is 13.3 Å². The molecule has 0 saturated heterocycles. The van der Waals surface area contributed by atoms with Gasteiger partial charge in [0, 0.05) is 18.5 Å². The zero-order valence-electron chi connectivity index (χ0n) is 7.70. The van der Waals surface area contributed by atoms with Crippen LogP contribution in [0.4, 0.5) is 8.78 Å². The Kier molecular flexibility index (Phi) is 2.09. The molecule has 14 heavy (non-hydrogen) atoms. The molecule has 0 aromatic carbocycles. The summed E-state index contributed by atoms with van der Waals surface area (Å²) in [6.45, 7) is 1.89. The van der Waals surface area contributed by atoms with E-state index in [1.165, 1.54) is 4.57 Å². The summed E-state index contributed by atoms with van der Waals surface area (Å²) in [6, 6.07) is 1.01. The summed E-state index contributed by atoms with van der Waals surface area (Å²) in [5.41, 5.74) is -0.773. The van der Waals surface area contributed by atoms with Crippen LogP contribution in [0, 0.1) is 0 Å². The second-order valence-corrected chi connectivity index (χ2v) is 3.49. The number of alkyl halides is 2. The third-order valence-corrected chi connectivity index (χ3v) is 2.50. The molecule has 2 rings (SSSR count). The Morgan fingerprint density at radius 1 is 1.64 bits per heavy atom. The Balaban J connectivity index is 2.57. The van der Waals surface area contributed by atoms with E-state index in [0.29, 0.717) is 12.2 Å². The number of hydrogen-bond acceptors (Lipinski definition) is 2. The molecule has 1 atom stereocenters. The van der Waals surface area contributed by atoms with Crippen molar-refractivity contribution in [2.75, 3.05) is 0 Å². The third-order valence-electron chi connectivity index (χ3n) is 2.50. The van der Waals surface area contributed by atoms with Gasteiger partial charge in [-0.25, -0.2) is 13.8 Å². The number of rotatable bonds is 1. The molecule has 1 aromatic rings. The summed E-state index contributed by atoms with van der Waals surface area (Å²) in [5.74, 6) is 0.486. The van der Waals surface area contributed by atoms with Gasteiger partial charge in [-0.2, -0.15) is 0 Å². The van der Waals surface area contributed by atoms with Crippen LogP contribution < -0.4 is 5.56 Å². The molecule has 1 aromatic heterocycles. The first-order chi connectivity index (χ1) is 6.59. The smallest absolute Gasteiger partial charge is 0.280 e. The number of aryl methyl sites for hydroxylation is 1. The maximum absolute atomic E-state index is 12.3. The minimum atomic E-state index is -2.66. The van der Waals surface area contributed by atoms with Gasteiger partial charge < -0.3 is 0 Å². The van der Waals surface area contributed by atoms with Gasteiger partial charge >= 0.3 is 0 Å². The summed E-state index contributed by atoms with van der Waals surface area (Å²) < 4.78 is 26.1. The van der Waals surface area contributed by atoms with E-state index in [1.54, 1.807) is 0 Å². The Morgan fingerprint density at radius 3 is 3.00 bits per heavy atom. The van der Waals surface area contributed by atoms with Crippen molar-refractivity contribution in [3.63, 3.8) is 0 Å². The molecule has 3 nitrogen and oxygen atoms in total. The van der Waals surface area contributed by atoms with Crippen LogP contribution in [0.2, 0.25) is 0 Å². The molecule has 0 fully saturated rings. The Bertz CT molecular complexity index is 414. The lowest BCUT2D eigenvalue weighted by atomic mass is 10.2. The molecule has 0 radical (unpaired) electrons. The number of halogens is 2. The minimum absolute atomic E-state index is 0.0803. The lowest BCUT2D eigenvalue weighted by Gasteiger charge is -2.08. The highest BCUT2D eigenvalue weighted by Crippen LogP contribution is 2.23. The average molecular weight is 200 g/mol. The van der Waals surface area contributed by atoms with Gasteiger partial charge in [0.15, 0.2) is 0 Å². The van der Waals surface area contributed by atoms with Gasteiger partial charge in [0.1, 0.15) is 11.5 Å². The lowest BCUT2D eigenvalue weighted by molar-refractivity contribution is 0.145. The average Bonchev–Trinajstić information content (AvgIpc) is 2.48. The van der Waals surface area contributed by atoms with E-state index >= 15 is 0 Å². The Hall–Kier alpha value is -1.26. The SMILES string of the molecule is CC1CCc2nc(C(F)F)cc(=O)n21. The van der Waals surface area contributed by atoms with Crippen molar-refractivity contribution in [3.8, 4) is 0 Å². The molecule has 0 aliphatic carbocycles. The first kappa shape index (κ1) is 9.30. The van der Waals surface area contributed by atoms with Crippen LogP contribution in [0.5, 0.6) is 0 Å². The topological polar surface area (TPSA) is 34.9 Å². The normalized spacial score (nSPS) is 20.1. The predicted molar refractivity (Wildman–Crippen MR) is 46.5 cm³/mol. The van der Waals surface area contributed by atoms with Crippen LogP contribution in [0.15, 0.2) is 10.9 Å². The second kappa shape index (κ2) is 3.15. The fourth-order valence-electron chi connectivity index (χ4n) is 1.79. The Labute approximate surface area is 79.4 Å². The molecule has 5 heteroatoms. The fraction of sp³-hybridized carbons (Fsp3) is 0.556. The number of hydrogen-bond donors (Lipinski definition) is 0. The van der Waals surface area contributed by atoms with Gasteiger partial charge in [0.2, 0.25) is 0 Å². The van der Waals surface area contributed by atoms with Gasteiger partial charge in [-0.15, -0.1) is 0 Å². The molecule has 0 N–H and O–H groups in total. The monoisotopic (exact) mass is 200 g/mol. The van der Waals surface area contributed by atoms with E-state index in [1.807, 2.05) is 6.92 Å². The number of nitrogens with zero attached hydrogens (tertiary/aromatic N) is 2. The van der Waals surface area contributed by atoms with Crippen molar-refractivity contribution in [1.29, 1.82) is 0 Å². The molecular weight excluding hydrogens is 190 g/mol. The molecular formula is C9H10F2N2O. The van der Waals surface area contributed by atoms with Gasteiger partial charge in [-0.3, -0.25) is 9.36 Å². The zero-order chi connectivity index (χ0) is 10.3. The van der Waals surface area contributed by atoms with Crippen molar-refractivity contribution in [2.45, 2.75) is 32.2 Å². The first-order valence-corrected chi connectivity index (χ1v) is 4.50. The number of fused-ring (bicyclic) bond motifs is 1. The molecule has 76 valence electrons. The molecule has 1 aliphatic heterocycles. The minimum Gasteiger partial charge on any atom is -0.294 e. The standard InChI is InChI=1S/C9H10F2N2O/c1-5-2-3-7-12-6(9(10)11)4-8(14)13(5)7/h4-5,9H,2-3H2,1H3. The second-order valence-electron chi connectivity index (χ2n) is 3.49. The Morgan fingerprint density at radius 2 is 2.36 bits per heavy atom. The highest BCUT2D eigenvalue weighted by Gasteiger charge is 2.22. The molecule has 2 heterocycles. The molecule has 0 saturated carbocycles. The summed E-state index contributed by atoms with van der Waals surface area (Å²) >= 11 is 0. The van der Waals surface area contributed by atoms with E-state index < -0.39 is 12.1 Å². The van der Waals surface area contributed by atoms with Crippen molar-refractivity contribution in [1.82, 2.24) is 9.55 Å². The zero-order valence-corrected chi connectivity index (χ0v) is 7.70. The summed E-state index contributed by atoms with van der Waals surface area (Å²) in [7, 11) is 0. The molecule has 1 aliphatic rings. The van der Waals surface area contributed by atoms with E-state index in [-0.39, 0.29) is 11.6 Å². The molecule has 0 bridgehead atoms. The van der Waals surface area contributed by atoms with Crippen molar-refractivity contribution < 1.29 is 8.78 Å². The maximum atomic E-state index is 12.3. The number of aromatic nitrogens is 2. The van der Waals surface area contributed by atoms with Gasteiger partial charge in [0.05, 0.1) is 0 Å². The molecule has 0 spiro atoms. The first-order valence-electron chi connectivity index (χ1n) is 4.50. The largest absolute Gasteiger partial charge is 0.294 e. The summed E-state index contributed by atoms with van der Waals surface area (Å²) in [6.07, 6.45) is -1.25. The van der Waals surface area contributed by atoms with E-state index in [2.05, 4.69) is 4.98 Å². The van der Waals surface area contributed by atoms with Crippen LogP contribution in [0.3, 0.4) is 0 Å². The van der Waals surface area contributed by atoms with Crippen molar-refractivity contribution in [3.05, 3.63) is 27.9 Å². The van der Waals surface area contributed by atoms with Gasteiger partial charge in [-0.1, -0.05) is 0 Å². The van der Waals surface area contributed by atoms with Crippen LogP contribution in [0.1, 0.15) is 37.3 Å². The van der Waals surface area contributed by atoms with Crippen molar-refractivity contribution in [2.24, 2.45) is 0 Å². The lowest BCUT2D eigenvalue weighted by Crippen LogP contribution is -2.23. The van der Waals surface area contributed by atoms with Crippen LogP contribution in [-0.4, -0.2) is 9.55 Å². The summed E-state index contributed by atoms with van der Waals surface area (Å²) in [5, 5.41) is 0. The van der Waals surface area contributed by atoms with E-state index in [9.17, 15) is 13.6 Å². The molecule has 1 unspecified atom stereocenters. The van der Waals surface area contributed by atoms with E-state index in [0.717, 1.165) is 12.5 Å². The van der Waals surface area contributed by atoms with E-state index in [4.69, 9.17) is 0 Å². The quantitative estimate of drug-likeness (QED) is 0.691. The highest BCUT2D eigenvalue weighted by atomic mass is 19.3. The predicted octanol–water partition coefficient (Wildman–Crippen LogP) is 1.69. The fourth-order valence-corrected chi connectivity index (χ4v) is 1.79. The van der Waals surface area contributed by atoms with Crippen molar-refractivity contribution >= 4 is 0 Å². The van der Waals surface area contributed by atoms with Crippen LogP contribution in [0.25, 0.3) is 0 Å².